The van der Waals surface area contributed by atoms with Gasteiger partial charge in [-0.15, -0.1) is 0 Å². The number of amides is 1. The van der Waals surface area contributed by atoms with Gasteiger partial charge < -0.3 is 5.32 Å². The van der Waals surface area contributed by atoms with Crippen molar-refractivity contribution in [3.8, 4) is 0 Å². The maximum absolute atomic E-state index is 13.2. The van der Waals surface area contributed by atoms with E-state index in [1.165, 1.54) is 22.5 Å². The predicted molar refractivity (Wildman–Crippen MR) is 77.4 cm³/mol. The van der Waals surface area contributed by atoms with Crippen LogP contribution in [-0.2, 0) is 20.6 Å². The molecule has 0 radical (unpaired) electrons. The Kier molecular flexibility index (Phi) is 4.95. The van der Waals surface area contributed by atoms with Crippen LogP contribution in [0.3, 0.4) is 0 Å². The van der Waals surface area contributed by atoms with Crippen molar-refractivity contribution in [1.29, 1.82) is 0 Å². The molecule has 2 rings (SSSR count). The minimum atomic E-state index is -3.66. The Morgan fingerprint density at radius 1 is 1.43 bits per heavy atom. The van der Waals surface area contributed by atoms with Gasteiger partial charge in [-0.3, -0.25) is 4.79 Å². The van der Waals surface area contributed by atoms with Gasteiger partial charge in [0.15, 0.2) is 0 Å². The number of sulfonamides is 1. The average Bonchev–Trinajstić information content (AvgIpc) is 2.60. The normalized spacial score (nSPS) is 20.9. The van der Waals surface area contributed by atoms with Crippen LogP contribution in [0.1, 0.15) is 25.3 Å². The minimum Gasteiger partial charge on any atom is -0.355 e. The van der Waals surface area contributed by atoms with Crippen LogP contribution in [0, 0.1) is 5.82 Å². The summed E-state index contributed by atoms with van der Waals surface area (Å²) in [7, 11) is -3.66. The van der Waals surface area contributed by atoms with Gasteiger partial charge in [-0.1, -0.05) is 19.1 Å². The quantitative estimate of drug-likeness (QED) is 0.910. The lowest BCUT2D eigenvalue weighted by atomic mass is 10.2. The Labute approximate surface area is 124 Å². The summed E-state index contributed by atoms with van der Waals surface area (Å²) in [5.74, 6) is -1.03. The first-order chi connectivity index (χ1) is 9.94. The number of halogens is 1. The fourth-order valence-electron chi connectivity index (χ4n) is 2.49. The van der Waals surface area contributed by atoms with Crippen molar-refractivity contribution in [2.24, 2.45) is 0 Å². The largest absolute Gasteiger partial charge is 0.355 e. The Hall–Kier alpha value is -1.47. The molecule has 0 spiro atoms. The van der Waals surface area contributed by atoms with Crippen molar-refractivity contribution in [1.82, 2.24) is 9.62 Å². The summed E-state index contributed by atoms with van der Waals surface area (Å²) in [6.45, 7) is 2.55. The van der Waals surface area contributed by atoms with E-state index in [0.29, 0.717) is 31.5 Å². The molecule has 0 saturated carbocycles. The average molecular weight is 314 g/mol. The van der Waals surface area contributed by atoms with Gasteiger partial charge in [0, 0.05) is 13.1 Å². The van der Waals surface area contributed by atoms with Gasteiger partial charge in [0.25, 0.3) is 0 Å². The zero-order chi connectivity index (χ0) is 15.5. The van der Waals surface area contributed by atoms with Crippen molar-refractivity contribution >= 4 is 15.9 Å². The number of nitrogens with zero attached hydrogens (tertiary/aromatic N) is 1. The second-order valence-electron chi connectivity index (χ2n) is 5.07. The molecule has 1 heterocycles. The highest BCUT2D eigenvalue weighted by atomic mass is 32.2. The van der Waals surface area contributed by atoms with Crippen LogP contribution in [0.4, 0.5) is 4.39 Å². The number of nitrogens with one attached hydrogen (secondary N) is 1. The number of benzene rings is 1. The third kappa shape index (κ3) is 3.79. The summed E-state index contributed by atoms with van der Waals surface area (Å²) < 4.78 is 39.5. The van der Waals surface area contributed by atoms with Gasteiger partial charge in [-0.05, 0) is 30.5 Å². The summed E-state index contributed by atoms with van der Waals surface area (Å²) in [5.41, 5.74) is 0.384. The lowest BCUT2D eigenvalue weighted by molar-refractivity contribution is -0.124. The zero-order valence-corrected chi connectivity index (χ0v) is 12.7. The lowest BCUT2D eigenvalue weighted by Gasteiger charge is -2.26. The highest BCUT2D eigenvalue weighted by Crippen LogP contribution is 2.18. The highest BCUT2D eigenvalue weighted by molar-refractivity contribution is 7.88. The summed E-state index contributed by atoms with van der Waals surface area (Å²) in [6.07, 6.45) is 0.985. The van der Waals surface area contributed by atoms with Crippen molar-refractivity contribution in [3.05, 3.63) is 35.6 Å². The molecule has 1 amide bonds. The molecule has 1 aliphatic rings. The van der Waals surface area contributed by atoms with E-state index >= 15 is 0 Å². The van der Waals surface area contributed by atoms with Crippen LogP contribution in [0.25, 0.3) is 0 Å². The molecule has 1 atom stereocenters. The van der Waals surface area contributed by atoms with E-state index in [0.717, 1.165) is 0 Å². The number of carbonyl (C=O) groups excluding carboxylic acids is 1. The Bertz CT molecular complexity index is 618. The topological polar surface area (TPSA) is 66.5 Å². The second-order valence-corrected chi connectivity index (χ2v) is 6.99. The van der Waals surface area contributed by atoms with Crippen LogP contribution in [0.5, 0.6) is 0 Å². The van der Waals surface area contributed by atoms with Crippen LogP contribution in [0.15, 0.2) is 24.3 Å². The van der Waals surface area contributed by atoms with Gasteiger partial charge in [0.05, 0.1) is 5.75 Å². The summed E-state index contributed by atoms with van der Waals surface area (Å²) in [6, 6.07) is 4.83. The van der Waals surface area contributed by atoms with Crippen LogP contribution in [0.2, 0.25) is 0 Å². The van der Waals surface area contributed by atoms with E-state index in [9.17, 15) is 17.6 Å². The molecule has 1 aromatic rings. The minimum absolute atomic E-state index is 0.266. The first kappa shape index (κ1) is 15.9. The van der Waals surface area contributed by atoms with Gasteiger partial charge in [0.2, 0.25) is 15.9 Å². The molecule has 0 aromatic heterocycles. The molecular formula is C14H19FN2O3S. The number of hydrogen-bond donors (Lipinski definition) is 1. The van der Waals surface area contributed by atoms with E-state index < -0.39 is 21.9 Å². The highest BCUT2D eigenvalue weighted by Gasteiger charge is 2.34. The molecule has 1 aliphatic heterocycles. The van der Waals surface area contributed by atoms with Crippen molar-refractivity contribution in [2.75, 3.05) is 13.1 Å². The fourth-order valence-corrected chi connectivity index (χ4v) is 4.30. The molecule has 21 heavy (non-hydrogen) atoms. The van der Waals surface area contributed by atoms with Gasteiger partial charge >= 0.3 is 0 Å². The van der Waals surface area contributed by atoms with E-state index in [2.05, 4.69) is 5.32 Å². The number of rotatable bonds is 4. The van der Waals surface area contributed by atoms with E-state index in [1.807, 2.05) is 0 Å². The second kappa shape index (κ2) is 6.53. The van der Waals surface area contributed by atoms with Crippen molar-refractivity contribution in [3.63, 3.8) is 0 Å². The first-order valence-electron chi connectivity index (χ1n) is 6.95. The number of hydrogen-bond acceptors (Lipinski definition) is 3. The predicted octanol–water partition coefficient (Wildman–Crippen LogP) is 1.26. The van der Waals surface area contributed by atoms with Crippen LogP contribution in [-0.4, -0.2) is 37.8 Å². The third-order valence-corrected chi connectivity index (χ3v) is 5.34. The summed E-state index contributed by atoms with van der Waals surface area (Å²) in [5, 5.41) is 2.72. The van der Waals surface area contributed by atoms with Gasteiger partial charge in [0.1, 0.15) is 11.9 Å². The molecule has 1 fully saturated rings. The fraction of sp³-hybridized carbons (Fsp3) is 0.500. The molecule has 1 N–H and O–H groups in total. The van der Waals surface area contributed by atoms with Crippen LogP contribution >= 0.6 is 0 Å². The molecule has 5 nitrogen and oxygen atoms in total. The molecular weight excluding hydrogens is 295 g/mol. The van der Waals surface area contributed by atoms with Crippen molar-refractivity contribution in [2.45, 2.75) is 31.6 Å². The summed E-state index contributed by atoms with van der Waals surface area (Å²) >= 11 is 0. The molecule has 7 heteroatoms. The van der Waals surface area contributed by atoms with Gasteiger partial charge in [-0.2, -0.15) is 4.31 Å². The van der Waals surface area contributed by atoms with Crippen molar-refractivity contribution < 1.29 is 17.6 Å². The van der Waals surface area contributed by atoms with Crippen LogP contribution < -0.4 is 5.32 Å². The first-order valence-corrected chi connectivity index (χ1v) is 8.56. The Morgan fingerprint density at radius 3 is 2.86 bits per heavy atom. The smallest absolute Gasteiger partial charge is 0.238 e. The maximum Gasteiger partial charge on any atom is 0.238 e. The monoisotopic (exact) mass is 314 g/mol. The van der Waals surface area contributed by atoms with E-state index in [-0.39, 0.29) is 11.7 Å². The Balaban J connectivity index is 2.26. The van der Waals surface area contributed by atoms with E-state index in [4.69, 9.17) is 0 Å². The molecule has 0 aliphatic carbocycles. The Morgan fingerprint density at radius 2 is 2.19 bits per heavy atom. The molecule has 116 valence electrons. The maximum atomic E-state index is 13.2. The van der Waals surface area contributed by atoms with E-state index in [1.54, 1.807) is 13.0 Å². The molecule has 0 unspecified atom stereocenters. The molecule has 0 bridgehead atoms. The SMILES string of the molecule is CC[C@H]1C(=O)NCCCN1S(=O)(=O)Cc1cccc(F)c1. The third-order valence-electron chi connectivity index (χ3n) is 3.49. The number of carbonyl (C=O) groups is 1. The molecule has 1 saturated heterocycles. The summed E-state index contributed by atoms with van der Waals surface area (Å²) in [4.78, 5) is 11.9. The van der Waals surface area contributed by atoms with Gasteiger partial charge in [-0.25, -0.2) is 12.8 Å². The standard InChI is InChI=1S/C14H19FN2O3S/c1-2-13-14(18)16-7-4-8-17(13)21(19,20)10-11-5-3-6-12(15)9-11/h3,5-6,9,13H,2,4,7-8,10H2,1H3,(H,16,18)/t13-/m0/s1. The molecule has 1 aromatic carbocycles. The zero-order valence-electron chi connectivity index (χ0n) is 11.9. The lowest BCUT2D eigenvalue weighted by Crippen LogP contribution is -2.47.